The van der Waals surface area contributed by atoms with Gasteiger partial charge in [0.2, 0.25) is 0 Å². The fourth-order valence-electron chi connectivity index (χ4n) is 2.35. The molecule has 2 atom stereocenters. The average Bonchev–Trinajstić information content (AvgIpc) is 3.06. The monoisotopic (exact) mass is 269 g/mol. The summed E-state index contributed by atoms with van der Waals surface area (Å²) < 4.78 is 30.0. The van der Waals surface area contributed by atoms with E-state index in [1.165, 1.54) is 0 Å². The largest absolute Gasteiger partial charge is 0.384 e. The Morgan fingerprint density at radius 1 is 1.39 bits per heavy atom. The maximum absolute atomic E-state index is 12.4. The van der Waals surface area contributed by atoms with E-state index < -0.39 is 20.5 Å². The van der Waals surface area contributed by atoms with Gasteiger partial charge < -0.3 is 10.5 Å². The molecule has 4 nitrogen and oxygen atoms in total. The summed E-state index contributed by atoms with van der Waals surface area (Å²) in [6, 6.07) is 6.96. The molecule has 0 aliphatic heterocycles. The first kappa shape index (κ1) is 13.5. The molecule has 5 heteroatoms. The summed E-state index contributed by atoms with van der Waals surface area (Å²) in [7, 11) is -1.71. The molecular formula is C13H19NO3S. The molecule has 0 saturated heterocycles. The first-order valence-corrected chi connectivity index (χ1v) is 7.50. The Balaban J connectivity index is 2.26. The van der Waals surface area contributed by atoms with Gasteiger partial charge >= 0.3 is 0 Å². The van der Waals surface area contributed by atoms with Crippen molar-refractivity contribution in [3.8, 4) is 0 Å². The molecule has 1 aliphatic carbocycles. The second kappa shape index (κ2) is 4.64. The summed E-state index contributed by atoms with van der Waals surface area (Å²) in [6.45, 7) is 2.68. The van der Waals surface area contributed by atoms with Crippen LogP contribution >= 0.6 is 0 Å². The van der Waals surface area contributed by atoms with Crippen LogP contribution in [0.15, 0.2) is 29.2 Å². The van der Waals surface area contributed by atoms with Crippen molar-refractivity contribution in [1.82, 2.24) is 0 Å². The van der Waals surface area contributed by atoms with Gasteiger partial charge in [-0.25, -0.2) is 8.42 Å². The highest BCUT2D eigenvalue weighted by Crippen LogP contribution is 2.51. The van der Waals surface area contributed by atoms with Crippen molar-refractivity contribution in [2.45, 2.75) is 23.5 Å². The van der Waals surface area contributed by atoms with Crippen molar-refractivity contribution in [2.24, 2.45) is 11.1 Å². The van der Waals surface area contributed by atoms with Crippen LogP contribution in [0.3, 0.4) is 0 Å². The zero-order chi connectivity index (χ0) is 13.4. The number of sulfone groups is 1. The van der Waals surface area contributed by atoms with Crippen LogP contribution in [0.25, 0.3) is 0 Å². The lowest BCUT2D eigenvalue weighted by Gasteiger charge is -2.14. The Morgan fingerprint density at radius 2 is 2.00 bits per heavy atom. The van der Waals surface area contributed by atoms with E-state index in [9.17, 15) is 8.42 Å². The molecule has 0 aromatic heterocycles. The predicted molar refractivity (Wildman–Crippen MR) is 70.1 cm³/mol. The lowest BCUT2D eigenvalue weighted by Crippen LogP contribution is -2.28. The molecule has 1 aliphatic rings. The normalized spacial score (nSPS) is 27.2. The van der Waals surface area contributed by atoms with E-state index in [0.717, 1.165) is 5.56 Å². The van der Waals surface area contributed by atoms with E-state index in [2.05, 4.69) is 0 Å². The molecule has 1 aromatic rings. The summed E-state index contributed by atoms with van der Waals surface area (Å²) in [5.74, 6) is 0. The third kappa shape index (κ3) is 2.18. The third-order valence-corrected chi connectivity index (χ3v) is 6.02. The lowest BCUT2D eigenvalue weighted by molar-refractivity contribution is 0.145. The number of ether oxygens (including phenoxy) is 1. The zero-order valence-corrected chi connectivity index (χ0v) is 11.5. The smallest absolute Gasteiger partial charge is 0.181 e. The number of methoxy groups -OCH3 is 1. The molecule has 0 amide bonds. The van der Waals surface area contributed by atoms with Crippen LogP contribution in [0, 0.1) is 12.3 Å². The summed E-state index contributed by atoms with van der Waals surface area (Å²) >= 11 is 0. The molecule has 0 bridgehead atoms. The number of nitrogens with two attached hydrogens (primary N) is 1. The van der Waals surface area contributed by atoms with Gasteiger partial charge in [0.05, 0.1) is 16.8 Å². The molecule has 1 aromatic carbocycles. The Kier molecular flexibility index (Phi) is 3.49. The number of hydrogen-bond donors (Lipinski definition) is 1. The van der Waals surface area contributed by atoms with Crippen LogP contribution in [-0.2, 0) is 14.6 Å². The van der Waals surface area contributed by atoms with Gasteiger partial charge in [-0.1, -0.05) is 17.7 Å². The molecular weight excluding hydrogens is 250 g/mol. The van der Waals surface area contributed by atoms with E-state index in [4.69, 9.17) is 10.5 Å². The van der Waals surface area contributed by atoms with Crippen LogP contribution in [0.2, 0.25) is 0 Å². The maximum atomic E-state index is 12.4. The van der Waals surface area contributed by atoms with Crippen LogP contribution in [0.4, 0.5) is 0 Å². The molecule has 1 saturated carbocycles. The number of hydrogen-bond acceptors (Lipinski definition) is 4. The fraction of sp³-hybridized carbons (Fsp3) is 0.538. The minimum Gasteiger partial charge on any atom is -0.384 e. The van der Waals surface area contributed by atoms with E-state index in [0.29, 0.717) is 24.5 Å². The highest BCUT2D eigenvalue weighted by molar-refractivity contribution is 7.92. The molecule has 2 rings (SSSR count). The average molecular weight is 269 g/mol. The predicted octanol–water partition coefficient (Wildman–Crippen LogP) is 1.13. The van der Waals surface area contributed by atoms with Gasteiger partial charge in [0.25, 0.3) is 0 Å². The minimum atomic E-state index is -3.28. The lowest BCUT2D eigenvalue weighted by atomic mass is 10.1. The Bertz CT molecular complexity index is 524. The van der Waals surface area contributed by atoms with E-state index in [1.807, 2.05) is 19.1 Å². The van der Waals surface area contributed by atoms with Gasteiger partial charge in [-0.05, 0) is 25.5 Å². The molecule has 2 N–H and O–H groups in total. The van der Waals surface area contributed by atoms with Gasteiger partial charge in [-0.2, -0.15) is 0 Å². The molecule has 18 heavy (non-hydrogen) atoms. The summed E-state index contributed by atoms with van der Waals surface area (Å²) in [6.07, 6.45) is 0.591. The highest BCUT2D eigenvalue weighted by Gasteiger charge is 2.60. The van der Waals surface area contributed by atoms with Gasteiger partial charge in [0, 0.05) is 19.1 Å². The van der Waals surface area contributed by atoms with Crippen molar-refractivity contribution in [2.75, 3.05) is 20.3 Å². The van der Waals surface area contributed by atoms with Crippen molar-refractivity contribution in [1.29, 1.82) is 0 Å². The Labute approximate surface area is 108 Å². The molecule has 0 heterocycles. The second-order valence-corrected chi connectivity index (χ2v) is 7.18. The van der Waals surface area contributed by atoms with Crippen molar-refractivity contribution < 1.29 is 13.2 Å². The minimum absolute atomic E-state index is 0.344. The van der Waals surface area contributed by atoms with E-state index in [-0.39, 0.29) is 0 Å². The molecule has 0 radical (unpaired) electrons. The van der Waals surface area contributed by atoms with E-state index in [1.54, 1.807) is 19.2 Å². The van der Waals surface area contributed by atoms with Gasteiger partial charge in [0.1, 0.15) is 0 Å². The van der Waals surface area contributed by atoms with Crippen LogP contribution in [-0.4, -0.2) is 33.9 Å². The van der Waals surface area contributed by atoms with Gasteiger partial charge in [-0.3, -0.25) is 0 Å². The molecule has 1 fully saturated rings. The standard InChI is InChI=1S/C13H19NO3S/c1-10-3-5-11(6-4-10)18(15,16)12-7-13(12,8-14)9-17-2/h3-6,12H,7-9,14H2,1-2H3. The van der Waals surface area contributed by atoms with Gasteiger partial charge in [0.15, 0.2) is 9.84 Å². The van der Waals surface area contributed by atoms with Crippen molar-refractivity contribution >= 4 is 9.84 Å². The van der Waals surface area contributed by atoms with Crippen LogP contribution in [0.5, 0.6) is 0 Å². The molecule has 0 spiro atoms. The first-order chi connectivity index (χ1) is 8.46. The summed E-state index contributed by atoms with van der Waals surface area (Å²) in [5.41, 5.74) is 6.36. The topological polar surface area (TPSA) is 69.4 Å². The number of aryl methyl sites for hydroxylation is 1. The van der Waals surface area contributed by atoms with E-state index >= 15 is 0 Å². The fourth-order valence-corrected chi connectivity index (χ4v) is 4.57. The Morgan fingerprint density at radius 3 is 2.50 bits per heavy atom. The Hall–Kier alpha value is -0.910. The quantitative estimate of drug-likeness (QED) is 0.870. The number of rotatable bonds is 5. The maximum Gasteiger partial charge on any atom is 0.181 e. The highest BCUT2D eigenvalue weighted by atomic mass is 32.2. The van der Waals surface area contributed by atoms with Crippen LogP contribution < -0.4 is 5.73 Å². The third-order valence-electron chi connectivity index (χ3n) is 3.68. The SMILES string of the molecule is COCC1(CN)CC1S(=O)(=O)c1ccc(C)cc1. The second-order valence-electron chi connectivity index (χ2n) is 5.05. The van der Waals surface area contributed by atoms with Crippen molar-refractivity contribution in [3.63, 3.8) is 0 Å². The van der Waals surface area contributed by atoms with Gasteiger partial charge in [-0.15, -0.1) is 0 Å². The number of benzene rings is 1. The first-order valence-electron chi connectivity index (χ1n) is 5.96. The van der Waals surface area contributed by atoms with Crippen molar-refractivity contribution in [3.05, 3.63) is 29.8 Å². The zero-order valence-electron chi connectivity index (χ0n) is 10.7. The van der Waals surface area contributed by atoms with Crippen LogP contribution in [0.1, 0.15) is 12.0 Å². The summed E-state index contributed by atoms with van der Waals surface area (Å²) in [5, 5.41) is -0.405. The summed E-state index contributed by atoms with van der Waals surface area (Å²) in [4.78, 5) is 0.379. The molecule has 2 unspecified atom stereocenters. The molecule has 100 valence electrons.